The van der Waals surface area contributed by atoms with E-state index in [0.29, 0.717) is 11.8 Å². The largest absolute Gasteiger partial charge is 0.438 e. The molecule has 2 aliphatic carbocycles. The minimum atomic E-state index is -0.208. The van der Waals surface area contributed by atoms with Gasteiger partial charge < -0.3 is 9.47 Å². The molecular formula is C35H32N4O2S2. The van der Waals surface area contributed by atoms with Crippen molar-refractivity contribution in [2.45, 2.75) is 70.6 Å². The van der Waals surface area contributed by atoms with E-state index >= 15 is 0 Å². The highest BCUT2D eigenvalue weighted by molar-refractivity contribution is 7.19. The number of aromatic nitrogens is 4. The Labute approximate surface area is 258 Å². The number of aryl methyl sites for hydroxylation is 4. The molecule has 0 fully saturated rings. The number of benzene rings is 2. The van der Waals surface area contributed by atoms with Crippen LogP contribution < -0.4 is 9.47 Å². The third-order valence-electron chi connectivity index (χ3n) is 9.01. The van der Waals surface area contributed by atoms with Crippen LogP contribution in [0.25, 0.3) is 20.4 Å². The maximum absolute atomic E-state index is 6.35. The zero-order valence-corrected chi connectivity index (χ0v) is 26.0. The molecule has 0 saturated heterocycles. The molecule has 0 N–H and O–H groups in total. The Morgan fingerprint density at radius 2 is 0.977 bits per heavy atom. The molecule has 0 bridgehead atoms. The fourth-order valence-corrected chi connectivity index (χ4v) is 8.99. The zero-order valence-electron chi connectivity index (χ0n) is 24.4. The van der Waals surface area contributed by atoms with E-state index in [4.69, 9.17) is 9.47 Å². The summed E-state index contributed by atoms with van der Waals surface area (Å²) >= 11 is 3.58. The van der Waals surface area contributed by atoms with Gasteiger partial charge in [0.15, 0.2) is 0 Å². The van der Waals surface area contributed by atoms with Gasteiger partial charge in [0.05, 0.1) is 10.8 Å². The Balaban J connectivity index is 1.01. The van der Waals surface area contributed by atoms with Gasteiger partial charge in [-0.1, -0.05) is 38.1 Å². The van der Waals surface area contributed by atoms with Crippen molar-refractivity contribution in [2.24, 2.45) is 0 Å². The quantitative estimate of drug-likeness (QED) is 0.189. The van der Waals surface area contributed by atoms with Crippen molar-refractivity contribution in [2.75, 3.05) is 0 Å². The number of hydrogen-bond donors (Lipinski definition) is 0. The van der Waals surface area contributed by atoms with Crippen molar-refractivity contribution in [1.29, 1.82) is 0 Å². The van der Waals surface area contributed by atoms with E-state index in [1.54, 1.807) is 35.3 Å². The lowest BCUT2D eigenvalue weighted by atomic mass is 9.78. The molecule has 0 atom stereocenters. The van der Waals surface area contributed by atoms with Gasteiger partial charge in [-0.3, -0.25) is 0 Å². The first-order chi connectivity index (χ1) is 21.0. The average molecular weight is 605 g/mol. The maximum atomic E-state index is 6.35. The number of rotatable bonds is 6. The number of nitrogens with zero attached hydrogens (tertiary/aromatic N) is 4. The van der Waals surface area contributed by atoms with Crippen molar-refractivity contribution in [1.82, 2.24) is 19.9 Å². The number of thiophene rings is 2. The van der Waals surface area contributed by atoms with Gasteiger partial charge in [-0.15, -0.1) is 22.7 Å². The van der Waals surface area contributed by atoms with Gasteiger partial charge in [-0.2, -0.15) is 0 Å². The summed E-state index contributed by atoms with van der Waals surface area (Å²) in [5, 5.41) is 2.19. The number of hydrogen-bond acceptors (Lipinski definition) is 8. The van der Waals surface area contributed by atoms with Crippen molar-refractivity contribution < 1.29 is 9.47 Å². The van der Waals surface area contributed by atoms with Crippen LogP contribution in [0.1, 0.15) is 71.5 Å². The first kappa shape index (κ1) is 26.7. The molecule has 2 aromatic carbocycles. The van der Waals surface area contributed by atoms with Crippen molar-refractivity contribution >= 4 is 43.1 Å². The minimum absolute atomic E-state index is 0.208. The van der Waals surface area contributed by atoms with Crippen LogP contribution in [0.2, 0.25) is 0 Å². The fraction of sp³-hybridized carbons (Fsp3) is 0.314. The van der Waals surface area contributed by atoms with Gasteiger partial charge in [0.1, 0.15) is 33.8 Å². The zero-order chi connectivity index (χ0) is 29.0. The summed E-state index contributed by atoms with van der Waals surface area (Å²) in [5.74, 6) is 2.89. The predicted molar refractivity (Wildman–Crippen MR) is 173 cm³/mol. The molecule has 8 heteroatoms. The minimum Gasteiger partial charge on any atom is -0.438 e. The van der Waals surface area contributed by atoms with E-state index in [9.17, 15) is 0 Å². The molecule has 0 spiro atoms. The molecule has 2 aliphatic rings. The molecule has 8 rings (SSSR count). The summed E-state index contributed by atoms with van der Waals surface area (Å²) in [6, 6.07) is 16.8. The molecule has 0 aliphatic heterocycles. The SMILES string of the molecule is CC(C)(c1ccc(Oc2ncnc3sc4c(c23)CCCC4)cc1)c1ccc(Oc2ncnc3sc4c(c23)CCCC4)cc1. The number of ether oxygens (including phenoxy) is 2. The van der Waals surface area contributed by atoms with Crippen LogP contribution in [0.15, 0.2) is 61.2 Å². The maximum Gasteiger partial charge on any atom is 0.231 e. The van der Waals surface area contributed by atoms with Crippen molar-refractivity contribution in [3.63, 3.8) is 0 Å². The van der Waals surface area contributed by atoms with Crippen LogP contribution in [-0.2, 0) is 31.1 Å². The third-order valence-corrected chi connectivity index (χ3v) is 11.4. The Morgan fingerprint density at radius 3 is 1.42 bits per heavy atom. The van der Waals surface area contributed by atoms with Gasteiger partial charge in [0, 0.05) is 15.2 Å². The van der Waals surface area contributed by atoms with Crippen LogP contribution in [0.5, 0.6) is 23.3 Å². The molecule has 6 aromatic rings. The monoisotopic (exact) mass is 604 g/mol. The predicted octanol–water partition coefficient (Wildman–Crippen LogP) is 9.36. The van der Waals surface area contributed by atoms with Crippen molar-refractivity contribution in [3.05, 3.63) is 93.2 Å². The smallest absolute Gasteiger partial charge is 0.231 e. The van der Waals surface area contributed by atoms with Crippen LogP contribution in [0.3, 0.4) is 0 Å². The van der Waals surface area contributed by atoms with Crippen molar-refractivity contribution in [3.8, 4) is 23.3 Å². The van der Waals surface area contributed by atoms with Gasteiger partial charge in [0.2, 0.25) is 11.8 Å². The molecule has 216 valence electrons. The van der Waals surface area contributed by atoms with E-state index < -0.39 is 0 Å². The van der Waals surface area contributed by atoms with Crippen LogP contribution in [0, 0.1) is 0 Å². The molecule has 0 saturated carbocycles. The molecule has 4 aromatic heterocycles. The first-order valence-electron chi connectivity index (χ1n) is 15.1. The highest BCUT2D eigenvalue weighted by Crippen LogP contribution is 2.42. The highest BCUT2D eigenvalue weighted by Gasteiger charge is 2.25. The average Bonchev–Trinajstić information content (AvgIpc) is 3.61. The van der Waals surface area contributed by atoms with Gasteiger partial charge in [-0.25, -0.2) is 19.9 Å². The Bertz CT molecular complexity index is 1820. The molecular weight excluding hydrogens is 573 g/mol. The fourth-order valence-electron chi connectivity index (χ4n) is 6.55. The topological polar surface area (TPSA) is 70.0 Å². The summed E-state index contributed by atoms with van der Waals surface area (Å²) in [6.45, 7) is 4.49. The first-order valence-corrected chi connectivity index (χ1v) is 16.8. The Kier molecular flexibility index (Phi) is 6.64. The molecule has 4 heterocycles. The standard InChI is InChI=1S/C35H32N4O2S2/c1-35(2,21-11-15-23(16-12-21)40-31-29-25-7-3-5-9-27(25)42-33(29)38-19-36-31)22-13-17-24(18-14-22)41-32-30-26-8-4-6-10-28(26)43-34(30)39-20-37-32/h11-20H,3-10H2,1-2H3. The Morgan fingerprint density at radius 1 is 0.558 bits per heavy atom. The van der Waals surface area contributed by atoms with E-state index in [2.05, 4.69) is 58.0 Å². The molecule has 6 nitrogen and oxygen atoms in total. The summed E-state index contributed by atoms with van der Waals surface area (Å²) < 4.78 is 12.7. The van der Waals surface area contributed by atoms with E-state index in [1.165, 1.54) is 57.7 Å². The van der Waals surface area contributed by atoms with Gasteiger partial charge in [0.25, 0.3) is 0 Å². The summed E-state index contributed by atoms with van der Waals surface area (Å²) in [6.07, 6.45) is 12.6. The van der Waals surface area contributed by atoms with E-state index in [1.807, 2.05) is 24.3 Å². The van der Waals surface area contributed by atoms with Crippen LogP contribution in [-0.4, -0.2) is 19.9 Å². The molecule has 0 unspecified atom stereocenters. The van der Waals surface area contributed by atoms with Gasteiger partial charge >= 0.3 is 0 Å². The molecule has 0 amide bonds. The summed E-state index contributed by atoms with van der Waals surface area (Å²) in [5.41, 5.74) is 4.96. The number of fused-ring (bicyclic) bond motifs is 6. The molecule has 43 heavy (non-hydrogen) atoms. The van der Waals surface area contributed by atoms with Crippen LogP contribution in [0.4, 0.5) is 0 Å². The van der Waals surface area contributed by atoms with Crippen LogP contribution >= 0.6 is 22.7 Å². The lowest BCUT2D eigenvalue weighted by Gasteiger charge is -2.26. The lowest BCUT2D eigenvalue weighted by Crippen LogP contribution is -2.18. The normalized spacial score (nSPS) is 14.9. The second-order valence-corrected chi connectivity index (χ2v) is 14.2. The Hall–Kier alpha value is -3.88. The van der Waals surface area contributed by atoms with Gasteiger partial charge in [-0.05, 0) is 97.9 Å². The van der Waals surface area contributed by atoms with E-state index in [-0.39, 0.29) is 5.41 Å². The van der Waals surface area contributed by atoms with E-state index in [0.717, 1.165) is 57.6 Å². The summed E-state index contributed by atoms with van der Waals surface area (Å²) in [7, 11) is 0. The third kappa shape index (κ3) is 4.77. The highest BCUT2D eigenvalue weighted by atomic mass is 32.1. The summed E-state index contributed by atoms with van der Waals surface area (Å²) in [4.78, 5) is 23.1. The molecule has 0 radical (unpaired) electrons. The second-order valence-electron chi connectivity index (χ2n) is 12.0. The lowest BCUT2D eigenvalue weighted by molar-refractivity contribution is 0.466. The second kappa shape index (κ2) is 10.7.